The second kappa shape index (κ2) is 5.65. The number of benzene rings is 2. The van der Waals surface area contributed by atoms with E-state index in [0.717, 1.165) is 12.0 Å². The Bertz CT molecular complexity index is 598. The zero-order chi connectivity index (χ0) is 13.9. The van der Waals surface area contributed by atoms with Crippen molar-refractivity contribution in [1.29, 1.82) is 0 Å². The van der Waals surface area contributed by atoms with Crippen LogP contribution in [0.1, 0.15) is 28.4 Å². The molecule has 1 aliphatic heterocycles. The first-order valence-electron chi connectivity index (χ1n) is 6.53. The maximum absolute atomic E-state index is 12.5. The molecular weight excluding hydrogens is 274 g/mol. The molecule has 3 nitrogen and oxygen atoms in total. The van der Waals surface area contributed by atoms with Crippen LogP contribution < -0.4 is 0 Å². The lowest BCUT2D eigenvalue weighted by molar-refractivity contribution is -0.0965. The van der Waals surface area contributed by atoms with E-state index in [1.165, 1.54) is 5.06 Å². The molecule has 0 radical (unpaired) electrons. The molecule has 3 rings (SSSR count). The van der Waals surface area contributed by atoms with E-state index >= 15 is 0 Å². The molecule has 1 heterocycles. The van der Waals surface area contributed by atoms with E-state index in [1.807, 2.05) is 30.3 Å². The van der Waals surface area contributed by atoms with Gasteiger partial charge in [0, 0.05) is 17.0 Å². The Morgan fingerprint density at radius 2 is 1.80 bits per heavy atom. The summed E-state index contributed by atoms with van der Waals surface area (Å²) in [5.74, 6) is -0.131. The fourth-order valence-electron chi connectivity index (χ4n) is 2.37. The van der Waals surface area contributed by atoms with Gasteiger partial charge in [0.05, 0.1) is 12.6 Å². The number of carbonyl (C=O) groups excluding carboxylic acids is 1. The minimum absolute atomic E-state index is 0.0284. The number of carbonyl (C=O) groups is 1. The SMILES string of the molecule is O=C(c1ccc(Cl)cc1)N1OCCC1c1ccccc1. The zero-order valence-corrected chi connectivity index (χ0v) is 11.6. The van der Waals surface area contributed by atoms with Crippen molar-refractivity contribution in [2.45, 2.75) is 12.5 Å². The van der Waals surface area contributed by atoms with Gasteiger partial charge >= 0.3 is 0 Å². The standard InChI is InChI=1S/C16H14ClNO2/c17-14-8-6-13(7-9-14)16(19)18-15(10-11-20-18)12-4-2-1-3-5-12/h1-9,15H,10-11H2. The molecule has 1 unspecified atom stereocenters. The number of rotatable bonds is 2. The van der Waals surface area contributed by atoms with Gasteiger partial charge in [-0.15, -0.1) is 0 Å². The fraction of sp³-hybridized carbons (Fsp3) is 0.188. The van der Waals surface area contributed by atoms with Gasteiger partial charge in [0.2, 0.25) is 0 Å². The van der Waals surface area contributed by atoms with Crippen molar-refractivity contribution in [3.63, 3.8) is 0 Å². The largest absolute Gasteiger partial charge is 0.278 e. The molecule has 4 heteroatoms. The molecule has 1 aliphatic rings. The number of hydrogen-bond donors (Lipinski definition) is 0. The lowest BCUT2D eigenvalue weighted by Gasteiger charge is -2.22. The smallest absolute Gasteiger partial charge is 0.270 e. The second-order valence-corrected chi connectivity index (χ2v) is 5.12. The van der Waals surface area contributed by atoms with Gasteiger partial charge in [-0.3, -0.25) is 9.63 Å². The van der Waals surface area contributed by atoms with Gasteiger partial charge < -0.3 is 0 Å². The predicted octanol–water partition coefficient (Wildman–Crippen LogP) is 3.86. The summed E-state index contributed by atoms with van der Waals surface area (Å²) >= 11 is 5.84. The van der Waals surface area contributed by atoms with Gasteiger partial charge in [-0.1, -0.05) is 41.9 Å². The summed E-state index contributed by atoms with van der Waals surface area (Å²) in [4.78, 5) is 18.0. The third-order valence-electron chi connectivity index (χ3n) is 3.38. The second-order valence-electron chi connectivity index (χ2n) is 4.69. The van der Waals surface area contributed by atoms with Gasteiger partial charge in [-0.2, -0.15) is 0 Å². The summed E-state index contributed by atoms with van der Waals surface area (Å²) in [5, 5.41) is 2.09. The van der Waals surface area contributed by atoms with Crippen molar-refractivity contribution < 1.29 is 9.63 Å². The Kier molecular flexibility index (Phi) is 3.72. The topological polar surface area (TPSA) is 29.5 Å². The molecular formula is C16H14ClNO2. The van der Waals surface area contributed by atoms with Crippen LogP contribution in [0, 0.1) is 0 Å². The number of hydroxylamine groups is 2. The first kappa shape index (κ1) is 13.2. The number of halogens is 1. The molecule has 20 heavy (non-hydrogen) atoms. The van der Waals surface area contributed by atoms with Crippen molar-refractivity contribution in [3.8, 4) is 0 Å². The van der Waals surface area contributed by atoms with Crippen LogP contribution in [0.5, 0.6) is 0 Å². The van der Waals surface area contributed by atoms with Gasteiger partial charge in [-0.05, 0) is 29.8 Å². The van der Waals surface area contributed by atoms with Crippen molar-refractivity contribution in [2.75, 3.05) is 6.61 Å². The third kappa shape index (κ3) is 2.55. The fourth-order valence-corrected chi connectivity index (χ4v) is 2.49. The highest BCUT2D eigenvalue weighted by molar-refractivity contribution is 6.30. The van der Waals surface area contributed by atoms with Gasteiger partial charge in [-0.25, -0.2) is 5.06 Å². The van der Waals surface area contributed by atoms with Crippen LogP contribution in [0.25, 0.3) is 0 Å². The number of amides is 1. The van der Waals surface area contributed by atoms with E-state index in [-0.39, 0.29) is 11.9 Å². The van der Waals surface area contributed by atoms with Crippen LogP contribution in [0.2, 0.25) is 5.02 Å². The minimum Gasteiger partial charge on any atom is -0.270 e. The van der Waals surface area contributed by atoms with Gasteiger partial charge in [0.1, 0.15) is 0 Å². The van der Waals surface area contributed by atoms with Crippen molar-refractivity contribution >= 4 is 17.5 Å². The first-order valence-corrected chi connectivity index (χ1v) is 6.90. The highest BCUT2D eigenvalue weighted by Gasteiger charge is 2.32. The maximum Gasteiger partial charge on any atom is 0.278 e. The Morgan fingerprint density at radius 3 is 2.50 bits per heavy atom. The predicted molar refractivity (Wildman–Crippen MR) is 77.4 cm³/mol. The maximum atomic E-state index is 12.5. The van der Waals surface area contributed by atoms with Crippen LogP contribution in [0.15, 0.2) is 54.6 Å². The molecule has 2 aromatic carbocycles. The molecule has 0 bridgehead atoms. The number of nitrogens with zero attached hydrogens (tertiary/aromatic N) is 1. The third-order valence-corrected chi connectivity index (χ3v) is 3.63. The monoisotopic (exact) mass is 287 g/mol. The normalized spacial score (nSPS) is 18.2. The lowest BCUT2D eigenvalue weighted by atomic mass is 10.0. The van der Waals surface area contributed by atoms with E-state index in [4.69, 9.17) is 16.4 Å². The molecule has 1 saturated heterocycles. The molecule has 2 aromatic rings. The van der Waals surface area contributed by atoms with E-state index in [0.29, 0.717) is 17.2 Å². The summed E-state index contributed by atoms with van der Waals surface area (Å²) in [6.45, 7) is 0.554. The lowest BCUT2D eigenvalue weighted by Crippen LogP contribution is -2.29. The molecule has 1 atom stereocenters. The molecule has 0 saturated carbocycles. The minimum atomic E-state index is -0.131. The van der Waals surface area contributed by atoms with Crippen molar-refractivity contribution in [1.82, 2.24) is 5.06 Å². The van der Waals surface area contributed by atoms with E-state index in [1.54, 1.807) is 24.3 Å². The average Bonchev–Trinajstić information content (AvgIpc) is 2.97. The van der Waals surface area contributed by atoms with Crippen LogP contribution in [-0.4, -0.2) is 17.6 Å². The Hall–Kier alpha value is -1.84. The summed E-state index contributed by atoms with van der Waals surface area (Å²) in [6, 6.07) is 16.8. The quantitative estimate of drug-likeness (QED) is 0.839. The molecule has 102 valence electrons. The molecule has 0 aliphatic carbocycles. The van der Waals surface area contributed by atoms with Crippen LogP contribution >= 0.6 is 11.6 Å². The summed E-state index contributed by atoms with van der Waals surface area (Å²) < 4.78 is 0. The summed E-state index contributed by atoms with van der Waals surface area (Å²) in [7, 11) is 0. The Balaban J connectivity index is 1.85. The molecule has 0 N–H and O–H groups in total. The highest BCUT2D eigenvalue weighted by Crippen LogP contribution is 2.31. The van der Waals surface area contributed by atoms with Crippen LogP contribution in [0.4, 0.5) is 0 Å². The highest BCUT2D eigenvalue weighted by atomic mass is 35.5. The molecule has 1 amide bonds. The Morgan fingerprint density at radius 1 is 1.10 bits per heavy atom. The average molecular weight is 288 g/mol. The number of hydrogen-bond acceptors (Lipinski definition) is 2. The van der Waals surface area contributed by atoms with Crippen molar-refractivity contribution in [3.05, 3.63) is 70.7 Å². The van der Waals surface area contributed by atoms with Gasteiger partial charge in [0.15, 0.2) is 0 Å². The van der Waals surface area contributed by atoms with Crippen molar-refractivity contribution in [2.24, 2.45) is 0 Å². The van der Waals surface area contributed by atoms with E-state index < -0.39 is 0 Å². The molecule has 0 aromatic heterocycles. The van der Waals surface area contributed by atoms with E-state index in [9.17, 15) is 4.79 Å². The molecule has 1 fully saturated rings. The van der Waals surface area contributed by atoms with E-state index in [2.05, 4.69) is 0 Å². The first-order chi connectivity index (χ1) is 9.75. The van der Waals surface area contributed by atoms with Crippen LogP contribution in [-0.2, 0) is 4.84 Å². The zero-order valence-electron chi connectivity index (χ0n) is 10.8. The molecule has 0 spiro atoms. The summed E-state index contributed by atoms with van der Waals surface area (Å²) in [5.41, 5.74) is 1.67. The summed E-state index contributed by atoms with van der Waals surface area (Å²) in [6.07, 6.45) is 0.809. The van der Waals surface area contributed by atoms with Gasteiger partial charge in [0.25, 0.3) is 5.91 Å². The van der Waals surface area contributed by atoms with Crippen LogP contribution in [0.3, 0.4) is 0 Å². The Labute approximate surface area is 122 Å².